The topological polar surface area (TPSA) is 55.0 Å². The van der Waals surface area contributed by atoms with Crippen molar-refractivity contribution in [1.29, 1.82) is 0 Å². The van der Waals surface area contributed by atoms with Crippen LogP contribution in [0.15, 0.2) is 30.3 Å². The van der Waals surface area contributed by atoms with Gasteiger partial charge in [0.25, 0.3) is 0 Å². The molecule has 0 bridgehead atoms. The van der Waals surface area contributed by atoms with Crippen LogP contribution in [0.4, 0.5) is 16.2 Å². The first-order chi connectivity index (χ1) is 10.0. The Kier molecular flexibility index (Phi) is 3.68. The molecular weight excluding hydrogens is 291 g/mol. The molecule has 3 rings (SSSR count). The van der Waals surface area contributed by atoms with Gasteiger partial charge in [-0.25, -0.2) is 9.37 Å². The van der Waals surface area contributed by atoms with Crippen LogP contribution in [0, 0.1) is 11.7 Å². The first-order valence-corrected chi connectivity index (χ1v) is 7.23. The van der Waals surface area contributed by atoms with Crippen LogP contribution in [0.1, 0.15) is 24.9 Å². The van der Waals surface area contributed by atoms with Gasteiger partial charge < -0.3 is 10.6 Å². The van der Waals surface area contributed by atoms with E-state index in [1.165, 1.54) is 6.07 Å². The number of rotatable bonds is 2. The number of halogens is 2. The van der Waals surface area contributed by atoms with E-state index in [1.807, 2.05) is 17.0 Å². The first kappa shape index (κ1) is 14.1. The molecule has 6 heteroatoms. The second-order valence-corrected chi connectivity index (χ2v) is 5.82. The third-order valence-corrected chi connectivity index (χ3v) is 3.96. The van der Waals surface area contributed by atoms with E-state index in [-0.39, 0.29) is 17.8 Å². The quantitative estimate of drug-likeness (QED) is 0.864. The molecule has 2 aromatic rings. The molecule has 2 N–H and O–H groups in total. The fourth-order valence-electron chi connectivity index (χ4n) is 2.91. The number of nitrogen functional groups attached to an aromatic ring is 1. The van der Waals surface area contributed by atoms with Crippen LogP contribution in [0.5, 0.6) is 0 Å². The van der Waals surface area contributed by atoms with Gasteiger partial charge in [0, 0.05) is 18.2 Å². The van der Waals surface area contributed by atoms with Crippen molar-refractivity contribution in [2.75, 3.05) is 17.2 Å². The average molecular weight is 307 g/mol. The van der Waals surface area contributed by atoms with Gasteiger partial charge in [0.2, 0.25) is 5.95 Å². The van der Waals surface area contributed by atoms with Crippen molar-refractivity contribution in [3.8, 4) is 0 Å². The lowest BCUT2D eigenvalue weighted by Crippen LogP contribution is -2.25. The number of hydrogen-bond donors (Lipinski definition) is 1. The summed E-state index contributed by atoms with van der Waals surface area (Å²) in [6.07, 6.45) is 0.864. The zero-order valence-corrected chi connectivity index (χ0v) is 12.4. The summed E-state index contributed by atoms with van der Waals surface area (Å²) in [6, 6.07) is 8.45. The summed E-state index contributed by atoms with van der Waals surface area (Å²) in [5.74, 6) is 1.01. The first-order valence-electron chi connectivity index (χ1n) is 6.85. The SMILES string of the molecule is CC1CC(c2ccccc2F)N(c2cc(Cl)nc(N)n2)C1. The maximum absolute atomic E-state index is 14.1. The van der Waals surface area contributed by atoms with E-state index in [9.17, 15) is 4.39 Å². The number of anilines is 2. The molecule has 21 heavy (non-hydrogen) atoms. The van der Waals surface area contributed by atoms with Crippen LogP contribution in [0.3, 0.4) is 0 Å². The molecule has 2 atom stereocenters. The maximum atomic E-state index is 14.1. The second kappa shape index (κ2) is 5.48. The molecule has 110 valence electrons. The van der Waals surface area contributed by atoms with Crippen LogP contribution < -0.4 is 10.6 Å². The minimum atomic E-state index is -0.199. The molecule has 4 nitrogen and oxygen atoms in total. The van der Waals surface area contributed by atoms with Crippen molar-refractivity contribution in [1.82, 2.24) is 9.97 Å². The largest absolute Gasteiger partial charge is 0.368 e. The Morgan fingerprint density at radius 1 is 1.33 bits per heavy atom. The highest BCUT2D eigenvalue weighted by Crippen LogP contribution is 2.39. The van der Waals surface area contributed by atoms with E-state index in [2.05, 4.69) is 16.9 Å². The number of aromatic nitrogens is 2. The summed E-state index contributed by atoms with van der Waals surface area (Å²) in [4.78, 5) is 10.2. The van der Waals surface area contributed by atoms with Gasteiger partial charge in [-0.3, -0.25) is 0 Å². The lowest BCUT2D eigenvalue weighted by Gasteiger charge is -2.26. The van der Waals surface area contributed by atoms with Gasteiger partial charge in [0.05, 0.1) is 6.04 Å². The monoisotopic (exact) mass is 306 g/mol. The van der Waals surface area contributed by atoms with Crippen LogP contribution in [-0.2, 0) is 0 Å². The van der Waals surface area contributed by atoms with E-state index >= 15 is 0 Å². The number of benzene rings is 1. The molecule has 1 aliphatic rings. The standard InChI is InChI=1S/C15H16ClFN4/c1-9-6-12(10-4-2-3-5-11(10)17)21(8-9)14-7-13(16)19-15(18)20-14/h2-5,7,9,12H,6,8H2,1H3,(H2,18,19,20). The number of nitrogens with zero attached hydrogens (tertiary/aromatic N) is 3. The summed E-state index contributed by atoms with van der Waals surface area (Å²) >= 11 is 5.96. The van der Waals surface area contributed by atoms with E-state index in [0.717, 1.165) is 13.0 Å². The van der Waals surface area contributed by atoms with Gasteiger partial charge in [-0.05, 0) is 18.4 Å². The maximum Gasteiger partial charge on any atom is 0.223 e. The summed E-state index contributed by atoms with van der Waals surface area (Å²) in [7, 11) is 0. The molecule has 2 unspecified atom stereocenters. The average Bonchev–Trinajstić information content (AvgIpc) is 2.80. The Morgan fingerprint density at radius 3 is 2.81 bits per heavy atom. The fraction of sp³-hybridized carbons (Fsp3) is 0.333. The van der Waals surface area contributed by atoms with E-state index in [1.54, 1.807) is 12.1 Å². The van der Waals surface area contributed by atoms with E-state index in [4.69, 9.17) is 17.3 Å². The highest BCUT2D eigenvalue weighted by Gasteiger charge is 2.33. The predicted octanol–water partition coefficient (Wildman–Crippen LogP) is 3.44. The van der Waals surface area contributed by atoms with Crippen molar-refractivity contribution in [3.63, 3.8) is 0 Å². The highest BCUT2D eigenvalue weighted by molar-refractivity contribution is 6.29. The molecule has 1 saturated heterocycles. The minimum Gasteiger partial charge on any atom is -0.368 e. The molecule has 1 aromatic carbocycles. The highest BCUT2D eigenvalue weighted by atomic mass is 35.5. The van der Waals surface area contributed by atoms with E-state index in [0.29, 0.717) is 22.5 Å². The summed E-state index contributed by atoms with van der Waals surface area (Å²) < 4.78 is 14.1. The predicted molar refractivity (Wildman–Crippen MR) is 81.7 cm³/mol. The number of nitrogens with two attached hydrogens (primary N) is 1. The molecule has 0 amide bonds. The van der Waals surface area contributed by atoms with Crippen molar-refractivity contribution >= 4 is 23.4 Å². The molecule has 0 saturated carbocycles. The van der Waals surface area contributed by atoms with Gasteiger partial charge >= 0.3 is 0 Å². The minimum absolute atomic E-state index is 0.0634. The normalized spacial score (nSPS) is 21.8. The van der Waals surface area contributed by atoms with Crippen LogP contribution >= 0.6 is 11.6 Å². The second-order valence-electron chi connectivity index (χ2n) is 5.44. The molecule has 1 aliphatic heterocycles. The van der Waals surface area contributed by atoms with Crippen LogP contribution in [-0.4, -0.2) is 16.5 Å². The lowest BCUT2D eigenvalue weighted by molar-refractivity contribution is 0.563. The van der Waals surface area contributed by atoms with Gasteiger partial charge in [-0.2, -0.15) is 4.98 Å². The molecule has 0 spiro atoms. The third kappa shape index (κ3) is 2.78. The molecule has 1 aromatic heterocycles. The Hall–Kier alpha value is -1.88. The van der Waals surface area contributed by atoms with Gasteiger partial charge in [0.1, 0.15) is 16.8 Å². The Balaban J connectivity index is 2.02. The summed E-state index contributed by atoms with van der Waals surface area (Å²) in [5.41, 5.74) is 6.34. The zero-order chi connectivity index (χ0) is 15.0. The molecule has 0 radical (unpaired) electrons. The molecule has 1 fully saturated rings. The molecular formula is C15H16ClFN4. The van der Waals surface area contributed by atoms with Crippen molar-refractivity contribution in [3.05, 3.63) is 46.9 Å². The Bertz CT molecular complexity index is 644. The van der Waals surface area contributed by atoms with Crippen molar-refractivity contribution in [2.45, 2.75) is 19.4 Å². The fourth-order valence-corrected chi connectivity index (χ4v) is 3.09. The van der Waals surface area contributed by atoms with Crippen molar-refractivity contribution in [2.24, 2.45) is 5.92 Å². The van der Waals surface area contributed by atoms with Gasteiger partial charge in [-0.1, -0.05) is 36.7 Å². The molecule has 0 aliphatic carbocycles. The van der Waals surface area contributed by atoms with Crippen molar-refractivity contribution < 1.29 is 4.39 Å². The lowest BCUT2D eigenvalue weighted by atomic mass is 10.0. The van der Waals surface area contributed by atoms with Crippen LogP contribution in [0.25, 0.3) is 0 Å². The van der Waals surface area contributed by atoms with Gasteiger partial charge in [0.15, 0.2) is 0 Å². The zero-order valence-electron chi connectivity index (χ0n) is 11.6. The van der Waals surface area contributed by atoms with E-state index < -0.39 is 0 Å². The smallest absolute Gasteiger partial charge is 0.223 e. The Morgan fingerprint density at radius 2 is 2.10 bits per heavy atom. The van der Waals surface area contributed by atoms with Crippen LogP contribution in [0.2, 0.25) is 5.15 Å². The van der Waals surface area contributed by atoms with Gasteiger partial charge in [-0.15, -0.1) is 0 Å². The summed E-state index contributed by atoms with van der Waals surface area (Å²) in [5, 5.41) is 0.296. The molecule has 2 heterocycles. The Labute approximate surface area is 127 Å². The third-order valence-electron chi connectivity index (χ3n) is 3.77. The number of hydrogen-bond acceptors (Lipinski definition) is 4. The summed E-state index contributed by atoms with van der Waals surface area (Å²) in [6.45, 7) is 2.92.